The van der Waals surface area contributed by atoms with E-state index in [9.17, 15) is 9.90 Å². The Morgan fingerprint density at radius 2 is 2.16 bits per heavy atom. The van der Waals surface area contributed by atoms with E-state index in [1.165, 1.54) is 0 Å². The third kappa shape index (κ3) is 4.67. The van der Waals surface area contributed by atoms with E-state index in [1.54, 1.807) is 10.9 Å². The normalized spacial score (nSPS) is 11.6. The van der Waals surface area contributed by atoms with Crippen molar-refractivity contribution in [2.75, 3.05) is 13.2 Å². The molecule has 5 nitrogen and oxygen atoms in total. The van der Waals surface area contributed by atoms with Crippen LogP contribution in [-0.4, -0.2) is 33.9 Å². The molecule has 0 fully saturated rings. The molecule has 0 saturated heterocycles. The maximum absolute atomic E-state index is 11.8. The molecule has 2 N–H and O–H groups in total. The number of nitrogens with one attached hydrogen (secondary N) is 1. The molecular formula is C14H25N3O2. The predicted molar refractivity (Wildman–Crippen MR) is 74.7 cm³/mol. The first kappa shape index (κ1) is 15.7. The first-order valence-corrected chi connectivity index (χ1v) is 6.92. The fraction of sp³-hybridized carbons (Fsp3) is 0.714. The highest BCUT2D eigenvalue weighted by molar-refractivity contribution is 5.75. The van der Waals surface area contributed by atoms with Crippen LogP contribution in [0.5, 0.6) is 0 Å². The molecule has 1 rings (SSSR count). The minimum atomic E-state index is -0.183. The zero-order chi connectivity index (χ0) is 14.3. The van der Waals surface area contributed by atoms with Crippen LogP contribution in [0.2, 0.25) is 0 Å². The van der Waals surface area contributed by atoms with Gasteiger partial charge in [0, 0.05) is 31.1 Å². The summed E-state index contributed by atoms with van der Waals surface area (Å²) in [7, 11) is 0. The number of rotatable bonds is 8. The number of aryl methyl sites for hydroxylation is 2. The third-order valence-electron chi connectivity index (χ3n) is 3.83. The van der Waals surface area contributed by atoms with Crippen molar-refractivity contribution in [3.8, 4) is 0 Å². The first-order valence-electron chi connectivity index (χ1n) is 6.92. The van der Waals surface area contributed by atoms with Crippen molar-refractivity contribution in [3.05, 3.63) is 18.0 Å². The Morgan fingerprint density at radius 3 is 2.63 bits per heavy atom. The molecule has 108 valence electrons. The van der Waals surface area contributed by atoms with Crippen LogP contribution >= 0.6 is 0 Å². The van der Waals surface area contributed by atoms with E-state index >= 15 is 0 Å². The average molecular weight is 267 g/mol. The van der Waals surface area contributed by atoms with Crippen molar-refractivity contribution < 1.29 is 9.90 Å². The Labute approximate surface area is 115 Å². The van der Waals surface area contributed by atoms with E-state index in [0.29, 0.717) is 19.5 Å². The second-order valence-electron chi connectivity index (χ2n) is 5.17. The van der Waals surface area contributed by atoms with E-state index in [0.717, 1.165) is 18.4 Å². The van der Waals surface area contributed by atoms with Crippen LogP contribution in [0.3, 0.4) is 0 Å². The zero-order valence-electron chi connectivity index (χ0n) is 12.1. The number of hydrogen-bond donors (Lipinski definition) is 2. The number of carbonyl (C=O) groups excluding carboxylic acids is 1. The lowest BCUT2D eigenvalue weighted by Crippen LogP contribution is -2.39. The van der Waals surface area contributed by atoms with Crippen molar-refractivity contribution in [1.82, 2.24) is 15.1 Å². The van der Waals surface area contributed by atoms with Gasteiger partial charge in [0.25, 0.3) is 0 Å². The third-order valence-corrected chi connectivity index (χ3v) is 3.83. The summed E-state index contributed by atoms with van der Waals surface area (Å²) in [5.74, 6) is 0.00729. The van der Waals surface area contributed by atoms with Crippen LogP contribution < -0.4 is 5.32 Å². The van der Waals surface area contributed by atoms with E-state index in [4.69, 9.17) is 0 Å². The van der Waals surface area contributed by atoms with Gasteiger partial charge in [-0.05, 0) is 25.3 Å². The topological polar surface area (TPSA) is 67.2 Å². The second-order valence-corrected chi connectivity index (χ2v) is 5.17. The largest absolute Gasteiger partial charge is 0.396 e. The maximum atomic E-state index is 11.8. The van der Waals surface area contributed by atoms with Gasteiger partial charge in [-0.2, -0.15) is 5.10 Å². The lowest BCUT2D eigenvalue weighted by molar-refractivity contribution is -0.122. The van der Waals surface area contributed by atoms with Gasteiger partial charge in [0.1, 0.15) is 0 Å². The van der Waals surface area contributed by atoms with Crippen molar-refractivity contribution >= 4 is 5.91 Å². The number of aliphatic hydroxyl groups excluding tert-OH is 1. The highest BCUT2D eigenvalue weighted by atomic mass is 16.3. The van der Waals surface area contributed by atoms with E-state index in [2.05, 4.69) is 10.4 Å². The van der Waals surface area contributed by atoms with Gasteiger partial charge in [-0.3, -0.25) is 9.48 Å². The number of aromatic nitrogens is 2. The summed E-state index contributed by atoms with van der Waals surface area (Å²) in [6.07, 6.45) is 5.83. The molecular weight excluding hydrogens is 242 g/mol. The maximum Gasteiger partial charge on any atom is 0.221 e. The van der Waals surface area contributed by atoms with E-state index in [-0.39, 0.29) is 17.9 Å². The first-order chi connectivity index (χ1) is 9.05. The number of aliphatic hydroxyl groups is 1. The molecule has 0 aromatic carbocycles. The van der Waals surface area contributed by atoms with Gasteiger partial charge in [-0.1, -0.05) is 13.8 Å². The van der Waals surface area contributed by atoms with Crippen LogP contribution in [0.25, 0.3) is 0 Å². The van der Waals surface area contributed by atoms with Crippen LogP contribution in [0.1, 0.15) is 38.7 Å². The standard InChI is InChI=1S/C14H25N3O2/c1-4-14(5-2,11-18)10-15-13(19)6-7-17-9-12(3)8-16-17/h8-9,18H,4-7,10-11H2,1-3H3,(H,15,19). The number of amides is 1. The molecule has 1 aromatic heterocycles. The molecule has 19 heavy (non-hydrogen) atoms. The summed E-state index contributed by atoms with van der Waals surface area (Å²) in [6, 6.07) is 0. The fourth-order valence-electron chi connectivity index (χ4n) is 1.96. The molecule has 0 unspecified atom stereocenters. The number of carbonyl (C=O) groups is 1. The molecule has 0 aliphatic heterocycles. The van der Waals surface area contributed by atoms with Crippen molar-refractivity contribution in [2.45, 2.75) is 46.6 Å². The molecule has 1 heterocycles. The van der Waals surface area contributed by atoms with Crippen molar-refractivity contribution in [3.63, 3.8) is 0 Å². The van der Waals surface area contributed by atoms with Gasteiger partial charge < -0.3 is 10.4 Å². The Hall–Kier alpha value is -1.36. The minimum Gasteiger partial charge on any atom is -0.396 e. The lowest BCUT2D eigenvalue weighted by Gasteiger charge is -2.29. The summed E-state index contributed by atoms with van der Waals surface area (Å²) in [4.78, 5) is 11.8. The van der Waals surface area contributed by atoms with Crippen LogP contribution in [-0.2, 0) is 11.3 Å². The quantitative estimate of drug-likeness (QED) is 0.750. The van der Waals surface area contributed by atoms with Crippen LogP contribution in [0.4, 0.5) is 0 Å². The summed E-state index contributed by atoms with van der Waals surface area (Å²) in [5.41, 5.74) is 0.912. The lowest BCUT2D eigenvalue weighted by atomic mass is 9.83. The SMILES string of the molecule is CCC(CC)(CO)CNC(=O)CCn1cc(C)cn1. The van der Waals surface area contributed by atoms with Gasteiger partial charge in [-0.15, -0.1) is 0 Å². The highest BCUT2D eigenvalue weighted by Gasteiger charge is 2.25. The van der Waals surface area contributed by atoms with Gasteiger partial charge in [0.15, 0.2) is 0 Å². The summed E-state index contributed by atoms with van der Waals surface area (Å²) in [5, 5.41) is 16.5. The van der Waals surface area contributed by atoms with Gasteiger partial charge >= 0.3 is 0 Å². The molecule has 0 aliphatic rings. The van der Waals surface area contributed by atoms with Crippen LogP contribution in [0, 0.1) is 12.3 Å². The molecule has 0 saturated carbocycles. The molecule has 0 aliphatic carbocycles. The van der Waals surface area contributed by atoms with E-state index in [1.807, 2.05) is 27.0 Å². The molecule has 5 heteroatoms. The Bertz CT molecular complexity index is 389. The Balaban J connectivity index is 2.35. The molecule has 0 bridgehead atoms. The number of nitrogens with zero attached hydrogens (tertiary/aromatic N) is 2. The van der Waals surface area contributed by atoms with E-state index < -0.39 is 0 Å². The summed E-state index contributed by atoms with van der Waals surface area (Å²) < 4.78 is 1.77. The van der Waals surface area contributed by atoms with Gasteiger partial charge in [0.2, 0.25) is 5.91 Å². The van der Waals surface area contributed by atoms with Crippen molar-refractivity contribution in [1.29, 1.82) is 0 Å². The highest BCUT2D eigenvalue weighted by Crippen LogP contribution is 2.24. The summed E-state index contributed by atoms with van der Waals surface area (Å²) in [6.45, 7) is 7.29. The molecule has 0 spiro atoms. The molecule has 1 aromatic rings. The predicted octanol–water partition coefficient (Wildman–Crippen LogP) is 1.50. The Kier molecular flexibility index (Phi) is 6.02. The number of hydrogen-bond acceptors (Lipinski definition) is 3. The fourth-order valence-corrected chi connectivity index (χ4v) is 1.96. The monoisotopic (exact) mass is 267 g/mol. The Morgan fingerprint density at radius 1 is 1.47 bits per heavy atom. The zero-order valence-corrected chi connectivity index (χ0v) is 12.1. The molecule has 0 radical (unpaired) electrons. The van der Waals surface area contributed by atoms with Crippen LogP contribution in [0.15, 0.2) is 12.4 Å². The summed E-state index contributed by atoms with van der Waals surface area (Å²) >= 11 is 0. The van der Waals surface area contributed by atoms with Crippen molar-refractivity contribution in [2.24, 2.45) is 5.41 Å². The average Bonchev–Trinajstić information content (AvgIpc) is 2.84. The molecule has 1 amide bonds. The van der Waals surface area contributed by atoms with Gasteiger partial charge in [0.05, 0.1) is 12.8 Å². The smallest absolute Gasteiger partial charge is 0.221 e. The second kappa shape index (κ2) is 7.28. The van der Waals surface area contributed by atoms with Gasteiger partial charge in [-0.25, -0.2) is 0 Å². The minimum absolute atomic E-state index is 0.00729. The molecule has 0 atom stereocenters.